The number of hydrogen-bond donors (Lipinski definition) is 0. The molecule has 0 fully saturated rings. The van der Waals surface area contributed by atoms with Crippen molar-refractivity contribution in [2.45, 2.75) is 39.5 Å². The molecule has 1 aromatic rings. The van der Waals surface area contributed by atoms with Crippen LogP contribution < -0.4 is 0 Å². The van der Waals surface area contributed by atoms with Crippen LogP contribution in [-0.4, -0.2) is 15.9 Å². The molecule has 1 atom stereocenters. The van der Waals surface area contributed by atoms with Crippen LogP contribution in [0.3, 0.4) is 0 Å². The van der Waals surface area contributed by atoms with E-state index in [1.165, 1.54) is 12.3 Å². The smallest absolute Gasteiger partial charge is 0.333 e. The number of rotatable bonds is 5. The lowest BCUT2D eigenvalue weighted by Gasteiger charge is -2.11. The summed E-state index contributed by atoms with van der Waals surface area (Å²) < 4.78 is 30.6. The van der Waals surface area contributed by atoms with Gasteiger partial charge >= 0.3 is 6.55 Å². The molecule has 14 heavy (non-hydrogen) atoms. The lowest BCUT2D eigenvalue weighted by molar-refractivity contribution is 0.0218. The predicted octanol–water partition coefficient (Wildman–Crippen LogP) is 2.59. The van der Waals surface area contributed by atoms with Crippen LogP contribution in [0.1, 0.15) is 32.5 Å². The Morgan fingerprint density at radius 3 is 2.86 bits per heavy atom. The quantitative estimate of drug-likeness (QED) is 0.737. The summed E-state index contributed by atoms with van der Waals surface area (Å²) in [7, 11) is 0. The van der Waals surface area contributed by atoms with E-state index in [-0.39, 0.29) is 12.7 Å². The zero-order valence-corrected chi connectivity index (χ0v) is 8.28. The minimum absolute atomic E-state index is 0.0797. The van der Waals surface area contributed by atoms with E-state index in [2.05, 4.69) is 5.10 Å². The Balaban J connectivity index is 2.54. The molecular formula is C9H14F2N2O. The van der Waals surface area contributed by atoms with Gasteiger partial charge in [-0.1, -0.05) is 6.92 Å². The summed E-state index contributed by atoms with van der Waals surface area (Å²) in [5, 5.41) is 3.51. The monoisotopic (exact) mass is 204 g/mol. The zero-order valence-electron chi connectivity index (χ0n) is 8.28. The van der Waals surface area contributed by atoms with E-state index < -0.39 is 6.55 Å². The van der Waals surface area contributed by atoms with E-state index >= 15 is 0 Å². The second-order valence-corrected chi connectivity index (χ2v) is 3.07. The van der Waals surface area contributed by atoms with E-state index in [0.717, 1.165) is 6.42 Å². The van der Waals surface area contributed by atoms with Crippen molar-refractivity contribution >= 4 is 0 Å². The summed E-state index contributed by atoms with van der Waals surface area (Å²) in [6.07, 6.45) is 2.29. The van der Waals surface area contributed by atoms with Crippen molar-refractivity contribution in [1.82, 2.24) is 9.78 Å². The molecule has 0 bridgehead atoms. The maximum absolute atomic E-state index is 12.3. The first-order valence-electron chi connectivity index (χ1n) is 4.57. The van der Waals surface area contributed by atoms with Crippen molar-refractivity contribution in [2.75, 3.05) is 0 Å². The van der Waals surface area contributed by atoms with Crippen molar-refractivity contribution in [3.8, 4) is 0 Å². The number of hydrogen-bond acceptors (Lipinski definition) is 2. The van der Waals surface area contributed by atoms with Gasteiger partial charge in [-0.15, -0.1) is 0 Å². The Labute approximate surface area is 81.7 Å². The molecule has 1 aromatic heterocycles. The highest BCUT2D eigenvalue weighted by atomic mass is 19.3. The number of halogens is 2. The van der Waals surface area contributed by atoms with E-state index in [9.17, 15) is 8.78 Å². The molecule has 0 aromatic carbocycles. The summed E-state index contributed by atoms with van der Waals surface area (Å²) in [5.74, 6) is 0. The molecule has 80 valence electrons. The molecule has 0 saturated heterocycles. The van der Waals surface area contributed by atoms with Gasteiger partial charge in [0.2, 0.25) is 0 Å². The summed E-state index contributed by atoms with van der Waals surface area (Å²) in [5.41, 5.74) is 0.403. The predicted molar refractivity (Wildman–Crippen MR) is 48.0 cm³/mol. The first-order valence-corrected chi connectivity index (χ1v) is 4.57. The SMILES string of the molecule is CCC(C)OCc1ccnn1C(F)F. The van der Waals surface area contributed by atoms with Crippen molar-refractivity contribution in [1.29, 1.82) is 0 Å². The second-order valence-electron chi connectivity index (χ2n) is 3.07. The van der Waals surface area contributed by atoms with Gasteiger partial charge in [0.05, 0.1) is 18.4 Å². The van der Waals surface area contributed by atoms with Crippen molar-refractivity contribution < 1.29 is 13.5 Å². The molecule has 0 spiro atoms. The Hall–Kier alpha value is -0.970. The molecule has 0 aliphatic rings. The molecule has 0 aliphatic heterocycles. The van der Waals surface area contributed by atoms with Gasteiger partial charge in [0, 0.05) is 6.20 Å². The van der Waals surface area contributed by atoms with E-state index in [1.54, 1.807) is 0 Å². The molecule has 1 heterocycles. The van der Waals surface area contributed by atoms with Gasteiger partial charge in [-0.3, -0.25) is 0 Å². The number of alkyl halides is 2. The van der Waals surface area contributed by atoms with E-state index in [0.29, 0.717) is 10.4 Å². The van der Waals surface area contributed by atoms with Crippen LogP contribution in [-0.2, 0) is 11.3 Å². The lowest BCUT2D eigenvalue weighted by atomic mass is 10.3. The average molecular weight is 204 g/mol. The van der Waals surface area contributed by atoms with Gasteiger partial charge in [0.15, 0.2) is 0 Å². The highest BCUT2D eigenvalue weighted by molar-refractivity contribution is 4.98. The molecule has 3 nitrogen and oxygen atoms in total. The fraction of sp³-hybridized carbons (Fsp3) is 0.667. The van der Waals surface area contributed by atoms with Gasteiger partial charge in [0.1, 0.15) is 0 Å². The maximum Gasteiger partial charge on any atom is 0.333 e. The van der Waals surface area contributed by atoms with Gasteiger partial charge in [-0.05, 0) is 19.4 Å². The fourth-order valence-electron chi connectivity index (χ4n) is 0.977. The molecule has 1 unspecified atom stereocenters. The number of nitrogens with zero attached hydrogens (tertiary/aromatic N) is 2. The Morgan fingerprint density at radius 2 is 2.29 bits per heavy atom. The summed E-state index contributed by atoms with van der Waals surface area (Å²) in [4.78, 5) is 0. The summed E-state index contributed by atoms with van der Waals surface area (Å²) in [6.45, 7) is 1.47. The molecule has 0 amide bonds. The first-order chi connectivity index (χ1) is 6.65. The Bertz CT molecular complexity index is 276. The molecular weight excluding hydrogens is 190 g/mol. The number of ether oxygens (including phenoxy) is 1. The van der Waals surface area contributed by atoms with Gasteiger partial charge in [0.25, 0.3) is 0 Å². The van der Waals surface area contributed by atoms with Gasteiger partial charge < -0.3 is 4.74 Å². The fourth-order valence-corrected chi connectivity index (χ4v) is 0.977. The molecule has 0 aliphatic carbocycles. The van der Waals surface area contributed by atoms with Crippen LogP contribution in [0.4, 0.5) is 8.78 Å². The zero-order chi connectivity index (χ0) is 10.6. The van der Waals surface area contributed by atoms with Crippen LogP contribution in [0, 0.1) is 0 Å². The third kappa shape index (κ3) is 2.77. The average Bonchev–Trinajstić information content (AvgIpc) is 2.62. The maximum atomic E-state index is 12.3. The van der Waals surface area contributed by atoms with Crippen LogP contribution in [0.5, 0.6) is 0 Å². The van der Waals surface area contributed by atoms with Gasteiger partial charge in [-0.2, -0.15) is 13.9 Å². The largest absolute Gasteiger partial charge is 0.372 e. The Morgan fingerprint density at radius 1 is 1.57 bits per heavy atom. The molecule has 1 rings (SSSR count). The molecule has 5 heteroatoms. The van der Waals surface area contributed by atoms with Crippen molar-refractivity contribution in [2.24, 2.45) is 0 Å². The minimum Gasteiger partial charge on any atom is -0.372 e. The third-order valence-electron chi connectivity index (χ3n) is 2.03. The molecule has 0 saturated carbocycles. The standard InChI is InChI=1S/C9H14F2N2O/c1-3-7(2)14-6-8-4-5-12-13(8)9(10)11/h4-5,7,9H,3,6H2,1-2H3. The summed E-state index contributed by atoms with van der Waals surface area (Å²) >= 11 is 0. The van der Waals surface area contributed by atoms with Crippen LogP contribution in [0.15, 0.2) is 12.3 Å². The van der Waals surface area contributed by atoms with E-state index in [1.807, 2.05) is 13.8 Å². The highest BCUT2D eigenvalue weighted by Gasteiger charge is 2.12. The topological polar surface area (TPSA) is 27.1 Å². The third-order valence-corrected chi connectivity index (χ3v) is 2.03. The molecule has 0 N–H and O–H groups in total. The van der Waals surface area contributed by atoms with Crippen LogP contribution >= 0.6 is 0 Å². The Kier molecular flexibility index (Phi) is 4.00. The number of aromatic nitrogens is 2. The van der Waals surface area contributed by atoms with Gasteiger partial charge in [-0.25, -0.2) is 4.68 Å². The highest BCUT2D eigenvalue weighted by Crippen LogP contribution is 2.13. The summed E-state index contributed by atoms with van der Waals surface area (Å²) in [6, 6.07) is 1.54. The lowest BCUT2D eigenvalue weighted by Crippen LogP contribution is -2.11. The van der Waals surface area contributed by atoms with Crippen LogP contribution in [0.2, 0.25) is 0 Å². The van der Waals surface area contributed by atoms with Crippen molar-refractivity contribution in [3.63, 3.8) is 0 Å². The normalized spacial score (nSPS) is 13.5. The minimum atomic E-state index is -2.60. The first kappa shape index (κ1) is 11.1. The molecule has 0 radical (unpaired) electrons. The van der Waals surface area contributed by atoms with E-state index in [4.69, 9.17) is 4.74 Å². The van der Waals surface area contributed by atoms with Crippen LogP contribution in [0.25, 0.3) is 0 Å². The second kappa shape index (κ2) is 5.05. The van der Waals surface area contributed by atoms with Crippen molar-refractivity contribution in [3.05, 3.63) is 18.0 Å².